The van der Waals surface area contributed by atoms with E-state index in [4.69, 9.17) is 5.73 Å². The molecule has 0 bridgehead atoms. The smallest absolute Gasteiger partial charge is 0.0471 e. The second-order valence-corrected chi connectivity index (χ2v) is 4.42. The van der Waals surface area contributed by atoms with Crippen LogP contribution in [0.4, 0.5) is 0 Å². The molecule has 3 heteroatoms. The second-order valence-electron chi connectivity index (χ2n) is 4.42. The van der Waals surface area contributed by atoms with Crippen LogP contribution in [-0.2, 0) is 0 Å². The Kier molecular flexibility index (Phi) is 3.34. The van der Waals surface area contributed by atoms with Crippen LogP contribution in [0.15, 0.2) is 24.5 Å². The lowest BCUT2D eigenvalue weighted by molar-refractivity contribution is 0.243. The molecule has 0 spiro atoms. The van der Waals surface area contributed by atoms with Gasteiger partial charge in [-0.25, -0.2) is 0 Å². The van der Waals surface area contributed by atoms with Crippen LogP contribution < -0.4 is 5.73 Å². The monoisotopic (exact) mass is 205 g/mol. The van der Waals surface area contributed by atoms with Crippen molar-refractivity contribution in [3.05, 3.63) is 30.1 Å². The normalized spacial score (nSPS) is 24.3. The molecule has 1 aromatic heterocycles. The molecular formula is C12H19N3. The van der Waals surface area contributed by atoms with Gasteiger partial charge in [0.25, 0.3) is 0 Å². The first kappa shape index (κ1) is 10.6. The number of aromatic nitrogens is 1. The summed E-state index contributed by atoms with van der Waals surface area (Å²) in [7, 11) is 0. The van der Waals surface area contributed by atoms with E-state index in [-0.39, 0.29) is 0 Å². The predicted octanol–water partition coefficient (Wildman–Crippen LogP) is 1.42. The van der Waals surface area contributed by atoms with Crippen LogP contribution >= 0.6 is 0 Å². The maximum absolute atomic E-state index is 5.87. The van der Waals surface area contributed by atoms with Crippen LogP contribution in [0.3, 0.4) is 0 Å². The first-order valence-electron chi connectivity index (χ1n) is 5.65. The minimum absolute atomic E-state index is 0.373. The molecule has 1 aliphatic rings. The Balaban J connectivity index is 2.11. The van der Waals surface area contributed by atoms with Crippen molar-refractivity contribution < 1.29 is 0 Å². The van der Waals surface area contributed by atoms with E-state index in [0.717, 1.165) is 5.92 Å². The highest BCUT2D eigenvalue weighted by molar-refractivity contribution is 5.16. The lowest BCUT2D eigenvalue weighted by atomic mass is 10.1. The Morgan fingerprint density at radius 3 is 2.80 bits per heavy atom. The van der Waals surface area contributed by atoms with Crippen LogP contribution in [0.5, 0.6) is 0 Å². The van der Waals surface area contributed by atoms with Gasteiger partial charge >= 0.3 is 0 Å². The minimum atomic E-state index is 0.373. The van der Waals surface area contributed by atoms with E-state index < -0.39 is 0 Å². The van der Waals surface area contributed by atoms with Gasteiger partial charge < -0.3 is 5.73 Å². The SMILES string of the molecule is CC1CCN(C(CN)c2ccncc2)C1. The first-order chi connectivity index (χ1) is 7.31. The number of rotatable bonds is 3. The van der Waals surface area contributed by atoms with Gasteiger partial charge in [-0.3, -0.25) is 9.88 Å². The second kappa shape index (κ2) is 4.73. The van der Waals surface area contributed by atoms with Gasteiger partial charge in [0.15, 0.2) is 0 Å². The van der Waals surface area contributed by atoms with Crippen LogP contribution in [0, 0.1) is 5.92 Å². The summed E-state index contributed by atoms with van der Waals surface area (Å²) in [5.41, 5.74) is 7.16. The summed E-state index contributed by atoms with van der Waals surface area (Å²) >= 11 is 0. The van der Waals surface area contributed by atoms with E-state index in [2.05, 4.69) is 28.9 Å². The van der Waals surface area contributed by atoms with Crippen molar-refractivity contribution in [1.29, 1.82) is 0 Å². The molecule has 0 aromatic carbocycles. The quantitative estimate of drug-likeness (QED) is 0.811. The van der Waals surface area contributed by atoms with Gasteiger partial charge in [0, 0.05) is 31.5 Å². The fourth-order valence-corrected chi connectivity index (χ4v) is 2.33. The number of hydrogen-bond donors (Lipinski definition) is 1. The molecule has 0 aliphatic carbocycles. The highest BCUT2D eigenvalue weighted by Crippen LogP contribution is 2.26. The summed E-state index contributed by atoms with van der Waals surface area (Å²) < 4.78 is 0. The van der Waals surface area contributed by atoms with Crippen LogP contribution in [0.25, 0.3) is 0 Å². The Hall–Kier alpha value is -0.930. The summed E-state index contributed by atoms with van der Waals surface area (Å²) in [5.74, 6) is 0.806. The largest absolute Gasteiger partial charge is 0.329 e. The zero-order valence-electron chi connectivity index (χ0n) is 9.26. The third-order valence-corrected chi connectivity index (χ3v) is 3.21. The average Bonchev–Trinajstić information content (AvgIpc) is 2.68. The number of likely N-dealkylation sites (tertiary alicyclic amines) is 1. The van der Waals surface area contributed by atoms with E-state index in [9.17, 15) is 0 Å². The Morgan fingerprint density at radius 1 is 1.53 bits per heavy atom. The van der Waals surface area contributed by atoms with Gasteiger partial charge in [0.05, 0.1) is 0 Å². The zero-order chi connectivity index (χ0) is 10.7. The Morgan fingerprint density at radius 2 is 2.27 bits per heavy atom. The average molecular weight is 205 g/mol. The van der Waals surface area contributed by atoms with Crippen molar-refractivity contribution in [2.75, 3.05) is 19.6 Å². The molecule has 3 nitrogen and oxygen atoms in total. The third kappa shape index (κ3) is 2.36. The summed E-state index contributed by atoms with van der Waals surface area (Å²) in [4.78, 5) is 6.53. The number of nitrogens with two attached hydrogens (primary N) is 1. The molecule has 2 atom stereocenters. The van der Waals surface area contributed by atoms with Gasteiger partial charge in [-0.15, -0.1) is 0 Å². The van der Waals surface area contributed by atoms with Crippen LogP contribution in [0.1, 0.15) is 24.9 Å². The molecule has 2 rings (SSSR count). The predicted molar refractivity (Wildman–Crippen MR) is 61.4 cm³/mol. The molecule has 2 N–H and O–H groups in total. The Labute approximate surface area is 91.3 Å². The fourth-order valence-electron chi connectivity index (χ4n) is 2.33. The zero-order valence-corrected chi connectivity index (χ0v) is 9.26. The molecule has 1 fully saturated rings. The molecule has 0 radical (unpaired) electrons. The van der Waals surface area contributed by atoms with Crippen molar-refractivity contribution in [3.8, 4) is 0 Å². The maximum atomic E-state index is 5.87. The molecule has 1 aliphatic heterocycles. The molecular weight excluding hydrogens is 186 g/mol. The van der Waals surface area contributed by atoms with E-state index in [1.165, 1.54) is 25.1 Å². The lowest BCUT2D eigenvalue weighted by Gasteiger charge is -2.26. The van der Waals surface area contributed by atoms with Crippen molar-refractivity contribution in [2.45, 2.75) is 19.4 Å². The van der Waals surface area contributed by atoms with E-state index in [0.29, 0.717) is 12.6 Å². The lowest BCUT2D eigenvalue weighted by Crippen LogP contribution is -2.31. The molecule has 1 aromatic rings. The molecule has 1 saturated heterocycles. The van der Waals surface area contributed by atoms with Gasteiger partial charge in [-0.2, -0.15) is 0 Å². The summed E-state index contributed by atoms with van der Waals surface area (Å²) in [6.07, 6.45) is 4.98. The number of nitrogens with zero attached hydrogens (tertiary/aromatic N) is 2. The highest BCUT2D eigenvalue weighted by atomic mass is 15.2. The standard InChI is InChI=1S/C12H19N3/c1-10-4-7-15(9-10)12(8-13)11-2-5-14-6-3-11/h2-3,5-6,10,12H,4,7-9,13H2,1H3. The van der Waals surface area contributed by atoms with Crippen molar-refractivity contribution in [2.24, 2.45) is 11.7 Å². The summed E-state index contributed by atoms with van der Waals surface area (Å²) in [6, 6.07) is 4.51. The Bertz CT molecular complexity index is 299. The maximum Gasteiger partial charge on any atom is 0.0471 e. The van der Waals surface area contributed by atoms with Crippen LogP contribution in [-0.4, -0.2) is 29.5 Å². The fraction of sp³-hybridized carbons (Fsp3) is 0.583. The topological polar surface area (TPSA) is 42.1 Å². The molecule has 2 heterocycles. The third-order valence-electron chi connectivity index (χ3n) is 3.21. The summed E-state index contributed by atoms with van der Waals surface area (Å²) in [5, 5.41) is 0. The van der Waals surface area contributed by atoms with E-state index in [1.54, 1.807) is 0 Å². The molecule has 0 saturated carbocycles. The summed E-state index contributed by atoms with van der Waals surface area (Å²) in [6.45, 7) is 5.34. The molecule has 82 valence electrons. The molecule has 0 amide bonds. The van der Waals surface area contributed by atoms with Crippen molar-refractivity contribution in [3.63, 3.8) is 0 Å². The van der Waals surface area contributed by atoms with E-state index in [1.807, 2.05) is 12.4 Å². The molecule has 15 heavy (non-hydrogen) atoms. The number of hydrogen-bond acceptors (Lipinski definition) is 3. The minimum Gasteiger partial charge on any atom is -0.329 e. The number of pyridine rings is 1. The van der Waals surface area contributed by atoms with Gasteiger partial charge in [-0.1, -0.05) is 6.92 Å². The van der Waals surface area contributed by atoms with E-state index >= 15 is 0 Å². The van der Waals surface area contributed by atoms with Gasteiger partial charge in [0.2, 0.25) is 0 Å². The first-order valence-corrected chi connectivity index (χ1v) is 5.65. The molecule has 2 unspecified atom stereocenters. The van der Waals surface area contributed by atoms with Crippen LogP contribution in [0.2, 0.25) is 0 Å². The van der Waals surface area contributed by atoms with Gasteiger partial charge in [-0.05, 0) is 36.6 Å². The highest BCUT2D eigenvalue weighted by Gasteiger charge is 2.25. The van der Waals surface area contributed by atoms with Crippen molar-refractivity contribution >= 4 is 0 Å². The van der Waals surface area contributed by atoms with Gasteiger partial charge in [0.1, 0.15) is 0 Å². The van der Waals surface area contributed by atoms with Crippen molar-refractivity contribution in [1.82, 2.24) is 9.88 Å².